The highest BCUT2D eigenvalue weighted by atomic mass is 32.2. The van der Waals surface area contributed by atoms with Crippen LogP contribution in [-0.4, -0.2) is 36.0 Å². The molecule has 2 heterocycles. The summed E-state index contributed by atoms with van der Waals surface area (Å²) in [6.45, 7) is 0.668. The Morgan fingerprint density at radius 1 is 1.00 bits per heavy atom. The van der Waals surface area contributed by atoms with Gasteiger partial charge in [0.25, 0.3) is 0 Å². The van der Waals surface area contributed by atoms with Gasteiger partial charge in [0.15, 0.2) is 0 Å². The van der Waals surface area contributed by atoms with E-state index in [2.05, 4.69) is 0 Å². The average Bonchev–Trinajstić information content (AvgIpc) is 2.94. The second-order valence-corrected chi connectivity index (χ2v) is 8.15. The number of urea groups is 1. The van der Waals surface area contributed by atoms with Crippen LogP contribution in [0.1, 0.15) is 22.7 Å². The van der Waals surface area contributed by atoms with Gasteiger partial charge in [-0.2, -0.15) is 0 Å². The van der Waals surface area contributed by atoms with Gasteiger partial charge in [-0.05, 0) is 23.1 Å². The van der Waals surface area contributed by atoms with Crippen molar-refractivity contribution in [1.82, 2.24) is 9.21 Å². The quantitative estimate of drug-likeness (QED) is 0.861. The molecule has 0 aliphatic carbocycles. The maximum Gasteiger partial charge on any atom is 0.334 e. The molecule has 6 heteroatoms. The molecule has 2 aromatic carbocycles. The minimum Gasteiger partial charge on any atom is -0.311 e. The van der Waals surface area contributed by atoms with Crippen molar-refractivity contribution in [3.05, 3.63) is 71.3 Å². The Kier molecular flexibility index (Phi) is 3.57. The van der Waals surface area contributed by atoms with Crippen LogP contribution in [0, 0.1) is 0 Å². The van der Waals surface area contributed by atoms with Crippen LogP contribution in [-0.2, 0) is 23.0 Å². The fourth-order valence-corrected chi connectivity index (χ4v) is 5.16. The summed E-state index contributed by atoms with van der Waals surface area (Å²) in [6, 6.07) is 16.5. The van der Waals surface area contributed by atoms with Crippen molar-refractivity contribution in [2.75, 3.05) is 12.3 Å². The molecule has 1 fully saturated rings. The van der Waals surface area contributed by atoms with E-state index in [9.17, 15) is 13.2 Å². The summed E-state index contributed by atoms with van der Waals surface area (Å²) in [5.74, 6) is -0.0372. The highest BCUT2D eigenvalue weighted by Gasteiger charge is 2.46. The number of fused-ring (bicyclic) bond motifs is 3. The van der Waals surface area contributed by atoms with Gasteiger partial charge in [0.05, 0.1) is 11.8 Å². The number of hydrogen-bond acceptors (Lipinski definition) is 3. The number of nitrogens with zero attached hydrogens (tertiary/aromatic N) is 2. The number of benzene rings is 2. The highest BCUT2D eigenvalue weighted by molar-refractivity contribution is 7.89. The number of amides is 2. The molecule has 24 heavy (non-hydrogen) atoms. The summed E-state index contributed by atoms with van der Waals surface area (Å²) in [5.41, 5.74) is 3.01. The van der Waals surface area contributed by atoms with Crippen molar-refractivity contribution < 1.29 is 13.2 Å². The van der Waals surface area contributed by atoms with Crippen molar-refractivity contribution in [2.24, 2.45) is 0 Å². The summed E-state index contributed by atoms with van der Waals surface area (Å²) in [6.07, 6.45) is 0.525. The van der Waals surface area contributed by atoms with E-state index in [1.165, 1.54) is 0 Å². The normalized spacial score (nSPS) is 21.5. The summed E-state index contributed by atoms with van der Waals surface area (Å²) < 4.78 is 26.3. The zero-order valence-electron chi connectivity index (χ0n) is 13.1. The third kappa shape index (κ3) is 2.47. The predicted molar refractivity (Wildman–Crippen MR) is 90.8 cm³/mol. The van der Waals surface area contributed by atoms with Crippen molar-refractivity contribution >= 4 is 16.1 Å². The average molecular weight is 342 g/mol. The SMILES string of the molecule is O=C1N2Cc3ccccc3C2CS(=O)(=O)N1CCc1ccccc1. The zero-order chi connectivity index (χ0) is 16.7. The summed E-state index contributed by atoms with van der Waals surface area (Å²) in [7, 11) is -3.60. The van der Waals surface area contributed by atoms with Gasteiger partial charge < -0.3 is 4.90 Å². The third-order valence-electron chi connectivity index (χ3n) is 4.74. The molecule has 1 unspecified atom stereocenters. The number of carbonyl (C=O) groups excluding carboxylic acids is 1. The first kappa shape index (κ1) is 15.2. The summed E-state index contributed by atoms with van der Waals surface area (Å²) in [5, 5.41) is 0. The molecular formula is C18H18N2O3S. The Morgan fingerprint density at radius 2 is 1.71 bits per heavy atom. The minimum atomic E-state index is -3.60. The lowest BCUT2D eigenvalue weighted by atomic mass is 10.1. The van der Waals surface area contributed by atoms with Gasteiger partial charge >= 0.3 is 6.03 Å². The maximum atomic E-state index is 12.8. The van der Waals surface area contributed by atoms with Crippen LogP contribution in [0.3, 0.4) is 0 Å². The lowest BCUT2D eigenvalue weighted by molar-refractivity contribution is 0.157. The van der Waals surface area contributed by atoms with Crippen LogP contribution in [0.15, 0.2) is 54.6 Å². The maximum absolute atomic E-state index is 12.8. The molecule has 0 spiro atoms. The van der Waals surface area contributed by atoms with E-state index < -0.39 is 16.1 Å². The standard InChI is InChI=1S/C18H18N2O3S/c21-18-19-12-15-8-4-5-9-16(15)17(19)13-24(22,23)20(18)11-10-14-6-2-1-3-7-14/h1-9,17H,10-13H2. The molecule has 124 valence electrons. The molecule has 0 bridgehead atoms. The molecule has 1 atom stereocenters. The largest absolute Gasteiger partial charge is 0.334 e. The molecule has 2 amide bonds. The van der Waals surface area contributed by atoms with E-state index in [1.54, 1.807) is 4.90 Å². The second-order valence-electron chi connectivity index (χ2n) is 6.21. The van der Waals surface area contributed by atoms with Gasteiger partial charge in [-0.25, -0.2) is 17.5 Å². The van der Waals surface area contributed by atoms with Crippen molar-refractivity contribution in [2.45, 2.75) is 19.0 Å². The van der Waals surface area contributed by atoms with Gasteiger partial charge in [-0.15, -0.1) is 0 Å². The topological polar surface area (TPSA) is 57.7 Å². The molecular weight excluding hydrogens is 324 g/mol. The van der Waals surface area contributed by atoms with Gasteiger partial charge in [0, 0.05) is 13.1 Å². The minimum absolute atomic E-state index is 0.0372. The van der Waals surface area contributed by atoms with Gasteiger partial charge in [0.2, 0.25) is 10.0 Å². The molecule has 2 aliphatic heterocycles. The fraction of sp³-hybridized carbons (Fsp3) is 0.278. The lowest BCUT2D eigenvalue weighted by Gasteiger charge is -2.37. The highest BCUT2D eigenvalue weighted by Crippen LogP contribution is 2.39. The van der Waals surface area contributed by atoms with Crippen LogP contribution in [0.5, 0.6) is 0 Å². The Balaban J connectivity index is 1.59. The monoisotopic (exact) mass is 342 g/mol. The Morgan fingerprint density at radius 3 is 2.50 bits per heavy atom. The van der Waals surface area contributed by atoms with Crippen LogP contribution in [0.2, 0.25) is 0 Å². The smallest absolute Gasteiger partial charge is 0.311 e. The van der Waals surface area contributed by atoms with Crippen LogP contribution in [0.4, 0.5) is 4.79 Å². The van der Waals surface area contributed by atoms with E-state index >= 15 is 0 Å². The Bertz CT molecular complexity index is 880. The molecule has 0 N–H and O–H groups in total. The lowest BCUT2D eigenvalue weighted by Crippen LogP contribution is -2.53. The van der Waals surface area contributed by atoms with Crippen LogP contribution in [0.25, 0.3) is 0 Å². The van der Waals surface area contributed by atoms with Crippen LogP contribution >= 0.6 is 0 Å². The van der Waals surface area contributed by atoms with Gasteiger partial charge in [-0.3, -0.25) is 0 Å². The van der Waals surface area contributed by atoms with Gasteiger partial charge in [0.1, 0.15) is 0 Å². The molecule has 1 saturated heterocycles. The van der Waals surface area contributed by atoms with E-state index in [0.29, 0.717) is 13.0 Å². The Hall–Kier alpha value is -2.34. The van der Waals surface area contributed by atoms with E-state index in [1.807, 2.05) is 54.6 Å². The number of rotatable bonds is 3. The number of sulfonamides is 1. The molecule has 0 saturated carbocycles. The van der Waals surface area contributed by atoms with E-state index in [0.717, 1.165) is 21.0 Å². The second kappa shape index (κ2) is 5.63. The van der Waals surface area contributed by atoms with Crippen LogP contribution < -0.4 is 0 Å². The van der Waals surface area contributed by atoms with E-state index in [4.69, 9.17) is 0 Å². The van der Waals surface area contributed by atoms with E-state index in [-0.39, 0.29) is 18.3 Å². The first-order chi connectivity index (χ1) is 11.6. The molecule has 4 rings (SSSR count). The zero-order valence-corrected chi connectivity index (χ0v) is 13.9. The molecule has 5 nitrogen and oxygen atoms in total. The predicted octanol–water partition coefficient (Wildman–Crippen LogP) is 2.55. The summed E-state index contributed by atoms with van der Waals surface area (Å²) in [4.78, 5) is 14.5. The molecule has 0 radical (unpaired) electrons. The van der Waals surface area contributed by atoms with Crippen molar-refractivity contribution in [3.8, 4) is 0 Å². The number of hydrogen-bond donors (Lipinski definition) is 0. The summed E-state index contributed by atoms with van der Waals surface area (Å²) >= 11 is 0. The third-order valence-corrected chi connectivity index (χ3v) is 6.49. The number of carbonyl (C=O) groups is 1. The fourth-order valence-electron chi connectivity index (χ4n) is 3.51. The first-order valence-corrected chi connectivity index (χ1v) is 9.60. The molecule has 0 aromatic heterocycles. The van der Waals surface area contributed by atoms with Crippen molar-refractivity contribution in [1.29, 1.82) is 0 Å². The first-order valence-electron chi connectivity index (χ1n) is 7.99. The Labute approximate surface area is 141 Å². The van der Waals surface area contributed by atoms with Crippen molar-refractivity contribution in [3.63, 3.8) is 0 Å². The van der Waals surface area contributed by atoms with Gasteiger partial charge in [-0.1, -0.05) is 54.6 Å². The molecule has 2 aromatic rings. The molecule has 2 aliphatic rings.